The summed E-state index contributed by atoms with van der Waals surface area (Å²) < 4.78 is 2.53. The first-order valence-corrected chi connectivity index (χ1v) is 8.05. The molecule has 4 rings (SSSR count). The standard InChI is InChI=1S/C19H14N4S/c24-19-15-9-6-12-21-17(15)18(16-10-4-5-11-20-16)22-23(19)13-14-7-2-1-3-8-14/h1-12H,13H2. The highest BCUT2D eigenvalue weighted by molar-refractivity contribution is 7.71. The van der Waals surface area contributed by atoms with Gasteiger partial charge in [-0.15, -0.1) is 0 Å². The number of aromatic nitrogens is 4. The lowest BCUT2D eigenvalue weighted by Gasteiger charge is -2.11. The Kier molecular flexibility index (Phi) is 3.84. The van der Waals surface area contributed by atoms with Crippen molar-refractivity contribution in [1.29, 1.82) is 0 Å². The normalized spacial score (nSPS) is 10.8. The van der Waals surface area contributed by atoms with Crippen molar-refractivity contribution < 1.29 is 0 Å². The Balaban J connectivity index is 1.95. The molecule has 1 aromatic carbocycles. The molecule has 0 amide bonds. The van der Waals surface area contributed by atoms with E-state index in [0.717, 1.165) is 27.9 Å². The van der Waals surface area contributed by atoms with E-state index in [9.17, 15) is 0 Å². The van der Waals surface area contributed by atoms with Gasteiger partial charge in [0.2, 0.25) is 0 Å². The number of hydrogen-bond donors (Lipinski definition) is 0. The van der Waals surface area contributed by atoms with Gasteiger partial charge in [-0.2, -0.15) is 5.10 Å². The van der Waals surface area contributed by atoms with E-state index >= 15 is 0 Å². The molecule has 4 aromatic rings. The molecule has 3 aromatic heterocycles. The summed E-state index contributed by atoms with van der Waals surface area (Å²) in [5, 5.41) is 5.67. The molecule has 0 spiro atoms. The molecule has 5 heteroatoms. The molecule has 0 atom stereocenters. The number of fused-ring (bicyclic) bond motifs is 1. The Bertz CT molecular complexity index is 1040. The molecule has 0 bridgehead atoms. The van der Waals surface area contributed by atoms with E-state index in [1.54, 1.807) is 12.4 Å². The lowest BCUT2D eigenvalue weighted by atomic mass is 10.2. The SMILES string of the molecule is S=c1c2cccnc2c(-c2ccccn2)nn1Cc1ccccc1. The van der Waals surface area contributed by atoms with Gasteiger partial charge >= 0.3 is 0 Å². The van der Waals surface area contributed by atoms with Crippen LogP contribution in [0.2, 0.25) is 0 Å². The Hall–Kier alpha value is -2.92. The number of nitrogens with zero attached hydrogens (tertiary/aromatic N) is 4. The minimum Gasteiger partial charge on any atom is -0.254 e. The van der Waals surface area contributed by atoms with Crippen LogP contribution in [0.4, 0.5) is 0 Å². The molecule has 0 aliphatic heterocycles. The third-order valence-electron chi connectivity index (χ3n) is 3.80. The first-order chi connectivity index (χ1) is 11.8. The quantitative estimate of drug-likeness (QED) is 0.526. The molecule has 0 fully saturated rings. The first-order valence-electron chi connectivity index (χ1n) is 7.64. The van der Waals surface area contributed by atoms with Gasteiger partial charge in [0.1, 0.15) is 15.9 Å². The van der Waals surface area contributed by atoms with Crippen LogP contribution in [0.1, 0.15) is 5.56 Å². The van der Waals surface area contributed by atoms with Crippen LogP contribution < -0.4 is 0 Å². The fourth-order valence-corrected chi connectivity index (χ4v) is 2.93. The van der Waals surface area contributed by atoms with E-state index in [0.29, 0.717) is 11.2 Å². The average molecular weight is 330 g/mol. The molecule has 0 N–H and O–H groups in total. The van der Waals surface area contributed by atoms with Gasteiger partial charge in [0.15, 0.2) is 0 Å². The molecule has 0 aliphatic carbocycles. The van der Waals surface area contributed by atoms with E-state index in [-0.39, 0.29) is 0 Å². The van der Waals surface area contributed by atoms with Crippen molar-refractivity contribution in [2.45, 2.75) is 6.54 Å². The minimum absolute atomic E-state index is 0.615. The lowest BCUT2D eigenvalue weighted by Crippen LogP contribution is -2.09. The topological polar surface area (TPSA) is 43.6 Å². The summed E-state index contributed by atoms with van der Waals surface area (Å²) in [7, 11) is 0. The fraction of sp³-hybridized carbons (Fsp3) is 0.0526. The van der Waals surface area contributed by atoms with Crippen LogP contribution in [-0.2, 0) is 6.54 Å². The van der Waals surface area contributed by atoms with Gasteiger partial charge in [-0.25, -0.2) is 4.68 Å². The van der Waals surface area contributed by atoms with Crippen LogP contribution in [0.25, 0.3) is 22.3 Å². The molecular formula is C19H14N4S. The largest absolute Gasteiger partial charge is 0.254 e. The maximum Gasteiger partial charge on any atom is 0.136 e. The monoisotopic (exact) mass is 330 g/mol. The fourth-order valence-electron chi connectivity index (χ4n) is 2.66. The van der Waals surface area contributed by atoms with Gasteiger partial charge in [0.05, 0.1) is 12.2 Å². The van der Waals surface area contributed by atoms with Gasteiger partial charge in [-0.3, -0.25) is 9.97 Å². The van der Waals surface area contributed by atoms with Crippen LogP contribution >= 0.6 is 12.2 Å². The highest BCUT2D eigenvalue weighted by atomic mass is 32.1. The first kappa shape index (κ1) is 14.7. The van der Waals surface area contributed by atoms with Gasteiger partial charge in [-0.05, 0) is 29.8 Å². The second kappa shape index (κ2) is 6.29. The van der Waals surface area contributed by atoms with E-state index in [4.69, 9.17) is 17.3 Å². The van der Waals surface area contributed by atoms with Crippen molar-refractivity contribution >= 4 is 23.1 Å². The summed E-state index contributed by atoms with van der Waals surface area (Å²) in [5.74, 6) is 0. The van der Waals surface area contributed by atoms with Gasteiger partial charge in [-0.1, -0.05) is 48.6 Å². The third kappa shape index (κ3) is 2.70. The van der Waals surface area contributed by atoms with E-state index in [1.165, 1.54) is 0 Å². The summed E-state index contributed by atoms with van der Waals surface area (Å²) >= 11 is 5.64. The molecule has 0 radical (unpaired) electrons. The minimum atomic E-state index is 0.615. The molecule has 116 valence electrons. The summed E-state index contributed by atoms with van der Waals surface area (Å²) in [6.45, 7) is 0.615. The smallest absolute Gasteiger partial charge is 0.136 e. The van der Waals surface area contributed by atoms with E-state index < -0.39 is 0 Å². The zero-order valence-corrected chi connectivity index (χ0v) is 13.6. The van der Waals surface area contributed by atoms with Crippen molar-refractivity contribution in [2.75, 3.05) is 0 Å². The van der Waals surface area contributed by atoms with Crippen LogP contribution in [-0.4, -0.2) is 19.7 Å². The molecule has 24 heavy (non-hydrogen) atoms. The molecule has 4 nitrogen and oxygen atoms in total. The summed E-state index contributed by atoms with van der Waals surface area (Å²) in [4.78, 5) is 8.91. The Morgan fingerprint density at radius 2 is 1.62 bits per heavy atom. The van der Waals surface area contributed by atoms with Gasteiger partial charge in [0.25, 0.3) is 0 Å². The predicted octanol–water partition coefficient (Wildman–Crippen LogP) is 4.27. The maximum atomic E-state index is 5.64. The highest BCUT2D eigenvalue weighted by Gasteiger charge is 2.12. The van der Waals surface area contributed by atoms with Crippen LogP contribution in [0.15, 0.2) is 73.1 Å². The Morgan fingerprint density at radius 3 is 2.42 bits per heavy atom. The Morgan fingerprint density at radius 1 is 0.833 bits per heavy atom. The van der Waals surface area contributed by atoms with Gasteiger partial charge in [0, 0.05) is 17.8 Å². The molecule has 0 saturated carbocycles. The molecule has 0 aliphatic rings. The molecule has 0 unspecified atom stereocenters. The van der Waals surface area contributed by atoms with Crippen LogP contribution in [0.3, 0.4) is 0 Å². The van der Waals surface area contributed by atoms with Crippen LogP contribution in [0, 0.1) is 4.64 Å². The highest BCUT2D eigenvalue weighted by Crippen LogP contribution is 2.24. The van der Waals surface area contributed by atoms with Crippen molar-refractivity contribution in [1.82, 2.24) is 19.7 Å². The second-order valence-electron chi connectivity index (χ2n) is 5.41. The zero-order chi connectivity index (χ0) is 16.4. The molecular weight excluding hydrogens is 316 g/mol. The van der Waals surface area contributed by atoms with Crippen molar-refractivity contribution in [3.63, 3.8) is 0 Å². The number of benzene rings is 1. The summed E-state index contributed by atoms with van der Waals surface area (Å²) in [6, 6.07) is 19.8. The van der Waals surface area contributed by atoms with Crippen molar-refractivity contribution in [3.05, 3.63) is 83.3 Å². The molecule has 0 saturated heterocycles. The second-order valence-corrected chi connectivity index (χ2v) is 5.80. The summed E-state index contributed by atoms with van der Waals surface area (Å²) in [5.41, 5.74) is 3.47. The third-order valence-corrected chi connectivity index (χ3v) is 4.23. The Labute approximate surface area is 144 Å². The average Bonchev–Trinajstić information content (AvgIpc) is 2.66. The van der Waals surface area contributed by atoms with E-state index in [1.807, 2.05) is 53.2 Å². The number of pyridine rings is 2. The summed E-state index contributed by atoms with van der Waals surface area (Å²) in [6.07, 6.45) is 3.52. The zero-order valence-electron chi connectivity index (χ0n) is 12.8. The van der Waals surface area contributed by atoms with Gasteiger partial charge < -0.3 is 0 Å². The van der Waals surface area contributed by atoms with Crippen molar-refractivity contribution in [3.8, 4) is 11.4 Å². The van der Waals surface area contributed by atoms with Crippen LogP contribution in [0.5, 0.6) is 0 Å². The maximum absolute atomic E-state index is 5.64. The van der Waals surface area contributed by atoms with E-state index in [2.05, 4.69) is 22.1 Å². The lowest BCUT2D eigenvalue weighted by molar-refractivity contribution is 0.664. The molecule has 3 heterocycles. The number of hydrogen-bond acceptors (Lipinski definition) is 4. The number of rotatable bonds is 3. The predicted molar refractivity (Wildman–Crippen MR) is 97.1 cm³/mol. The van der Waals surface area contributed by atoms with Crippen molar-refractivity contribution in [2.24, 2.45) is 0 Å².